The number of rotatable bonds is 0. The van der Waals surface area contributed by atoms with Crippen LogP contribution in [0.1, 0.15) is 65.2 Å². The van der Waals surface area contributed by atoms with Gasteiger partial charge in [-0.2, -0.15) is 0 Å². The van der Waals surface area contributed by atoms with Crippen LogP contribution in [-0.4, -0.2) is 16.7 Å². The molecule has 0 bridgehead atoms. The van der Waals surface area contributed by atoms with Gasteiger partial charge in [0.05, 0.1) is 0 Å². The van der Waals surface area contributed by atoms with Crippen molar-refractivity contribution in [2.45, 2.75) is 65.2 Å². The predicted molar refractivity (Wildman–Crippen MR) is 85.9 cm³/mol. The summed E-state index contributed by atoms with van der Waals surface area (Å²) in [6, 6.07) is 0. The van der Waals surface area contributed by atoms with Crippen molar-refractivity contribution in [1.82, 2.24) is 0 Å². The highest BCUT2D eigenvalue weighted by atomic mass is 16.4. The first-order chi connectivity index (χ1) is 10.5. The number of hydrogen-bond acceptors (Lipinski definition) is 3. The van der Waals surface area contributed by atoms with E-state index in [4.69, 9.17) is 0 Å². The van der Waals surface area contributed by atoms with Crippen LogP contribution < -0.4 is 0 Å². The molecule has 0 aromatic rings. The molecule has 3 heteroatoms. The Morgan fingerprint density at radius 2 is 2.00 bits per heavy atom. The van der Waals surface area contributed by atoms with E-state index in [0.29, 0.717) is 29.4 Å². The maximum Gasteiger partial charge on any atom is 0.186 e. The van der Waals surface area contributed by atoms with Crippen LogP contribution in [0.25, 0.3) is 0 Å². The number of oxime groups is 1. The standard InChI is InChI=1S/C19H27NO2/c1-18-9-4-3-5-12(18)6-7-13-14(18)8-10-19(2)15(13)11-16(20-22)17(19)21/h5,13-15,22H,3-4,6-11H2,1-2H3/b20-16-/t13-,14+,15+,18+,19+/m1/s1. The van der Waals surface area contributed by atoms with Crippen molar-refractivity contribution in [2.75, 3.05) is 0 Å². The molecule has 4 rings (SSSR count). The maximum atomic E-state index is 12.6. The van der Waals surface area contributed by atoms with Gasteiger partial charge in [0.1, 0.15) is 5.71 Å². The molecular weight excluding hydrogens is 274 g/mol. The Balaban J connectivity index is 1.71. The zero-order chi connectivity index (χ0) is 15.5. The summed E-state index contributed by atoms with van der Waals surface area (Å²) in [6.45, 7) is 4.61. The van der Waals surface area contributed by atoms with Crippen molar-refractivity contribution in [2.24, 2.45) is 33.7 Å². The molecule has 1 N–H and O–H groups in total. The topological polar surface area (TPSA) is 49.7 Å². The van der Waals surface area contributed by atoms with E-state index in [0.717, 1.165) is 18.8 Å². The lowest BCUT2D eigenvalue weighted by molar-refractivity contribution is -0.129. The van der Waals surface area contributed by atoms with E-state index < -0.39 is 0 Å². The fourth-order valence-electron chi connectivity index (χ4n) is 6.45. The number of hydrogen-bond donors (Lipinski definition) is 1. The summed E-state index contributed by atoms with van der Waals surface area (Å²) in [5, 5.41) is 12.5. The van der Waals surface area contributed by atoms with Crippen molar-refractivity contribution < 1.29 is 10.0 Å². The summed E-state index contributed by atoms with van der Waals surface area (Å²) in [6.07, 6.45) is 11.7. The molecule has 4 aliphatic rings. The molecule has 0 spiro atoms. The number of fused-ring (bicyclic) bond motifs is 5. The van der Waals surface area contributed by atoms with Crippen LogP contribution in [0.3, 0.4) is 0 Å². The monoisotopic (exact) mass is 301 g/mol. The number of allylic oxidation sites excluding steroid dienone is 2. The predicted octanol–water partition coefficient (Wildman–Crippen LogP) is 4.35. The zero-order valence-corrected chi connectivity index (χ0v) is 13.8. The normalized spacial score (nSPS) is 49.4. The third-order valence-corrected chi connectivity index (χ3v) is 7.73. The lowest BCUT2D eigenvalue weighted by Crippen LogP contribution is -2.50. The highest BCUT2D eigenvalue weighted by molar-refractivity contribution is 6.43. The molecule has 0 amide bonds. The maximum absolute atomic E-state index is 12.6. The third kappa shape index (κ3) is 1.68. The van der Waals surface area contributed by atoms with Crippen LogP contribution in [0.5, 0.6) is 0 Å². The summed E-state index contributed by atoms with van der Waals surface area (Å²) in [5.74, 6) is 1.86. The van der Waals surface area contributed by atoms with Crippen LogP contribution in [0.2, 0.25) is 0 Å². The van der Waals surface area contributed by atoms with E-state index in [9.17, 15) is 10.0 Å². The van der Waals surface area contributed by atoms with Crippen LogP contribution in [0.4, 0.5) is 0 Å². The molecule has 22 heavy (non-hydrogen) atoms. The molecule has 120 valence electrons. The van der Waals surface area contributed by atoms with Gasteiger partial charge in [-0.05, 0) is 68.1 Å². The second-order valence-corrected chi connectivity index (χ2v) is 8.49. The second-order valence-electron chi connectivity index (χ2n) is 8.49. The first kappa shape index (κ1) is 14.5. The number of nitrogens with zero attached hydrogens (tertiary/aromatic N) is 1. The Bertz CT molecular complexity index is 578. The highest BCUT2D eigenvalue weighted by Gasteiger charge is 2.60. The van der Waals surface area contributed by atoms with Crippen LogP contribution in [0.15, 0.2) is 16.8 Å². The molecule has 0 unspecified atom stereocenters. The number of carbonyl (C=O) groups excluding carboxylic acids is 1. The average Bonchev–Trinajstić information content (AvgIpc) is 2.78. The molecule has 0 radical (unpaired) electrons. The van der Waals surface area contributed by atoms with Crippen molar-refractivity contribution in [3.8, 4) is 0 Å². The molecule has 3 fully saturated rings. The third-order valence-electron chi connectivity index (χ3n) is 7.73. The van der Waals surface area contributed by atoms with Crippen molar-refractivity contribution in [3.05, 3.63) is 11.6 Å². The van der Waals surface area contributed by atoms with Gasteiger partial charge in [0.15, 0.2) is 5.78 Å². The van der Waals surface area contributed by atoms with E-state index in [2.05, 4.69) is 25.1 Å². The minimum absolute atomic E-state index is 0.119. The van der Waals surface area contributed by atoms with Crippen LogP contribution in [0, 0.1) is 28.6 Å². The molecule has 0 saturated heterocycles. The fraction of sp³-hybridized carbons (Fsp3) is 0.789. The SMILES string of the molecule is C[C@]12CCCC=C1CC[C@@H]1[C@@H]2CC[C@]2(C)C(=O)/C(=N\O)C[C@@H]12. The van der Waals surface area contributed by atoms with Gasteiger partial charge in [0.25, 0.3) is 0 Å². The molecular formula is C19H27NO2. The Morgan fingerprint density at radius 1 is 1.18 bits per heavy atom. The second kappa shape index (κ2) is 4.69. The summed E-state index contributed by atoms with van der Waals surface area (Å²) in [5.41, 5.74) is 2.23. The molecule has 3 nitrogen and oxygen atoms in total. The quantitative estimate of drug-likeness (QED) is 0.411. The number of carbonyl (C=O) groups is 1. The Morgan fingerprint density at radius 3 is 2.77 bits per heavy atom. The van der Waals surface area contributed by atoms with Gasteiger partial charge in [-0.3, -0.25) is 4.79 Å². The van der Waals surface area contributed by atoms with Gasteiger partial charge in [-0.1, -0.05) is 30.7 Å². The number of Topliss-reactive ketones (excluding diaryl/α,β-unsaturated/α-hetero) is 1. The minimum Gasteiger partial charge on any atom is -0.411 e. The first-order valence-corrected chi connectivity index (χ1v) is 8.96. The molecule has 0 heterocycles. The lowest BCUT2D eigenvalue weighted by Gasteiger charge is -2.56. The number of ketones is 1. The molecule has 0 aromatic heterocycles. The van der Waals surface area contributed by atoms with Crippen molar-refractivity contribution in [1.29, 1.82) is 0 Å². The molecule has 0 aliphatic heterocycles. The highest BCUT2D eigenvalue weighted by Crippen LogP contribution is 2.64. The van der Waals surface area contributed by atoms with E-state index in [1.54, 1.807) is 5.57 Å². The van der Waals surface area contributed by atoms with E-state index in [1.807, 2.05) is 0 Å². The lowest BCUT2D eigenvalue weighted by atomic mass is 9.47. The van der Waals surface area contributed by atoms with E-state index >= 15 is 0 Å². The van der Waals surface area contributed by atoms with Crippen molar-refractivity contribution in [3.63, 3.8) is 0 Å². The van der Waals surface area contributed by atoms with Crippen LogP contribution >= 0.6 is 0 Å². The van der Waals surface area contributed by atoms with Gasteiger partial charge < -0.3 is 5.21 Å². The van der Waals surface area contributed by atoms with Crippen molar-refractivity contribution >= 4 is 11.5 Å². The smallest absolute Gasteiger partial charge is 0.186 e. The molecule has 4 aliphatic carbocycles. The Labute approximate surface area is 132 Å². The first-order valence-electron chi connectivity index (χ1n) is 8.96. The Hall–Kier alpha value is -1.12. The van der Waals surface area contributed by atoms with Gasteiger partial charge in [0, 0.05) is 11.8 Å². The minimum atomic E-state index is -0.269. The van der Waals surface area contributed by atoms with Gasteiger partial charge in [-0.15, -0.1) is 0 Å². The summed E-state index contributed by atoms with van der Waals surface area (Å²) in [4.78, 5) is 12.6. The van der Waals surface area contributed by atoms with Gasteiger partial charge in [-0.25, -0.2) is 0 Å². The summed E-state index contributed by atoms with van der Waals surface area (Å²) < 4.78 is 0. The Kier molecular flexibility index (Phi) is 3.08. The zero-order valence-electron chi connectivity index (χ0n) is 13.8. The van der Waals surface area contributed by atoms with Crippen LogP contribution in [-0.2, 0) is 4.79 Å². The molecule has 3 saturated carbocycles. The van der Waals surface area contributed by atoms with Gasteiger partial charge in [0.2, 0.25) is 0 Å². The summed E-state index contributed by atoms with van der Waals surface area (Å²) in [7, 11) is 0. The fourth-order valence-corrected chi connectivity index (χ4v) is 6.45. The van der Waals surface area contributed by atoms with E-state index in [1.165, 1.54) is 32.1 Å². The molecule has 0 aromatic carbocycles. The van der Waals surface area contributed by atoms with E-state index in [-0.39, 0.29) is 11.2 Å². The largest absolute Gasteiger partial charge is 0.411 e. The summed E-state index contributed by atoms with van der Waals surface area (Å²) >= 11 is 0. The average molecular weight is 301 g/mol. The molecule has 5 atom stereocenters. The van der Waals surface area contributed by atoms with Gasteiger partial charge >= 0.3 is 0 Å².